The molecule has 0 aliphatic carbocycles. The van der Waals surface area contributed by atoms with Crippen LogP contribution in [0.25, 0.3) is 10.9 Å². The number of nitrogen functional groups attached to an aromatic ring is 1. The van der Waals surface area contributed by atoms with Gasteiger partial charge in [0, 0.05) is 36.3 Å². The van der Waals surface area contributed by atoms with Gasteiger partial charge >= 0.3 is 6.09 Å². The van der Waals surface area contributed by atoms with Gasteiger partial charge in [0.15, 0.2) is 0 Å². The lowest BCUT2D eigenvalue weighted by Gasteiger charge is -2.24. The number of carbonyl (C=O) groups is 1. The first kappa shape index (κ1) is 27.3. The molecule has 1 fully saturated rings. The molecule has 208 valence electrons. The molecular formula is C29H31ClN6O4. The molecule has 0 bridgehead atoms. The van der Waals surface area contributed by atoms with E-state index in [9.17, 15) is 4.79 Å². The third-order valence-corrected chi connectivity index (χ3v) is 6.45. The van der Waals surface area contributed by atoms with E-state index in [0.717, 1.165) is 16.8 Å². The van der Waals surface area contributed by atoms with Crippen molar-refractivity contribution in [1.82, 2.24) is 19.9 Å². The first-order chi connectivity index (χ1) is 19.1. The van der Waals surface area contributed by atoms with Crippen LogP contribution in [0.2, 0.25) is 5.02 Å². The van der Waals surface area contributed by atoms with E-state index in [1.807, 2.05) is 45.0 Å². The molecule has 0 saturated carbocycles. The van der Waals surface area contributed by atoms with Gasteiger partial charge in [0.1, 0.15) is 42.0 Å². The zero-order valence-corrected chi connectivity index (χ0v) is 23.3. The molecule has 10 nitrogen and oxygen atoms in total. The summed E-state index contributed by atoms with van der Waals surface area (Å²) in [4.78, 5) is 27.1. The summed E-state index contributed by atoms with van der Waals surface area (Å²) in [6.45, 7) is 6.83. The predicted octanol–water partition coefficient (Wildman–Crippen LogP) is 5.97. The Morgan fingerprint density at radius 3 is 2.73 bits per heavy atom. The number of hydrogen-bond acceptors (Lipinski definition) is 9. The molecular weight excluding hydrogens is 532 g/mol. The van der Waals surface area contributed by atoms with Crippen molar-refractivity contribution in [3.8, 4) is 11.5 Å². The molecule has 1 amide bonds. The first-order valence-corrected chi connectivity index (χ1v) is 13.3. The number of halogens is 1. The van der Waals surface area contributed by atoms with Crippen LogP contribution in [0, 0.1) is 0 Å². The minimum atomic E-state index is -0.550. The van der Waals surface area contributed by atoms with Gasteiger partial charge < -0.3 is 30.2 Å². The maximum Gasteiger partial charge on any atom is 0.410 e. The lowest BCUT2D eigenvalue weighted by molar-refractivity contribution is 0.0276. The largest absolute Gasteiger partial charge is 0.486 e. The van der Waals surface area contributed by atoms with E-state index in [2.05, 4.69) is 20.3 Å². The quantitative estimate of drug-likeness (QED) is 0.262. The highest BCUT2D eigenvalue weighted by Gasteiger charge is 2.31. The van der Waals surface area contributed by atoms with Crippen LogP contribution in [-0.2, 0) is 11.3 Å². The zero-order chi connectivity index (χ0) is 28.3. The second kappa shape index (κ2) is 11.4. The Kier molecular flexibility index (Phi) is 7.79. The first-order valence-electron chi connectivity index (χ1n) is 12.9. The van der Waals surface area contributed by atoms with Crippen molar-refractivity contribution in [2.75, 3.05) is 24.1 Å². The topological polar surface area (TPSA) is 125 Å². The number of benzene rings is 2. The number of hydrogen-bond donors (Lipinski definition) is 2. The molecule has 2 aromatic heterocycles. The number of nitrogens with one attached hydrogen (secondary N) is 1. The van der Waals surface area contributed by atoms with E-state index in [1.54, 1.807) is 35.4 Å². The van der Waals surface area contributed by atoms with Crippen LogP contribution in [0.3, 0.4) is 0 Å². The average molecular weight is 563 g/mol. The summed E-state index contributed by atoms with van der Waals surface area (Å²) in [6.07, 6.45) is 3.32. The summed E-state index contributed by atoms with van der Waals surface area (Å²) in [5.41, 5.74) is 8.46. The van der Waals surface area contributed by atoms with Crippen molar-refractivity contribution in [3.63, 3.8) is 0 Å². The molecule has 3 N–H and O–H groups in total. The molecule has 1 saturated heterocycles. The van der Waals surface area contributed by atoms with Gasteiger partial charge in [-0.15, -0.1) is 0 Å². The third kappa shape index (κ3) is 6.63. The number of anilines is 3. The fourth-order valence-electron chi connectivity index (χ4n) is 4.27. The van der Waals surface area contributed by atoms with E-state index in [0.29, 0.717) is 59.7 Å². The van der Waals surface area contributed by atoms with Crippen LogP contribution < -0.4 is 20.5 Å². The molecule has 0 spiro atoms. The van der Waals surface area contributed by atoms with Crippen LogP contribution in [0.5, 0.6) is 11.5 Å². The van der Waals surface area contributed by atoms with Gasteiger partial charge in [-0.3, -0.25) is 4.98 Å². The molecule has 40 heavy (non-hydrogen) atoms. The SMILES string of the molecule is CC(C)(C)OC(=O)N1CC[C@H](Oc2cc3ncnc(Nc4ccc(OCc5ccccn5)c(Cl)c4)c3cc2N)C1. The van der Waals surface area contributed by atoms with Crippen molar-refractivity contribution in [2.45, 2.75) is 45.5 Å². The molecule has 11 heteroatoms. The summed E-state index contributed by atoms with van der Waals surface area (Å²) in [5.74, 6) is 1.62. The summed E-state index contributed by atoms with van der Waals surface area (Å²) in [6, 6.07) is 14.6. The van der Waals surface area contributed by atoms with Crippen LogP contribution in [0.1, 0.15) is 32.9 Å². The van der Waals surface area contributed by atoms with Crippen molar-refractivity contribution >= 4 is 45.8 Å². The van der Waals surface area contributed by atoms with E-state index in [-0.39, 0.29) is 12.2 Å². The van der Waals surface area contributed by atoms with Gasteiger partial charge in [-0.25, -0.2) is 14.8 Å². The maximum absolute atomic E-state index is 12.4. The Bertz CT molecular complexity index is 1510. The molecule has 0 radical (unpaired) electrons. The smallest absolute Gasteiger partial charge is 0.410 e. The van der Waals surface area contributed by atoms with Crippen LogP contribution >= 0.6 is 11.6 Å². The van der Waals surface area contributed by atoms with Crippen molar-refractivity contribution < 1.29 is 19.0 Å². The minimum Gasteiger partial charge on any atom is -0.486 e. The molecule has 3 heterocycles. The summed E-state index contributed by atoms with van der Waals surface area (Å²) < 4.78 is 17.5. The molecule has 1 atom stereocenters. The molecule has 4 aromatic rings. The standard InChI is InChI=1S/C29H31ClN6O4/c1-29(2,3)40-28(37)36-11-9-20(15-36)39-26-14-24-21(13-23(26)31)27(34-17-33-24)35-18-7-8-25(22(30)12-18)38-16-19-6-4-5-10-32-19/h4-8,10,12-14,17,20H,9,11,15-16,31H2,1-3H3,(H,33,34,35)/t20-/m0/s1. The second-order valence-electron chi connectivity index (χ2n) is 10.5. The Labute approximate surface area is 237 Å². The summed E-state index contributed by atoms with van der Waals surface area (Å²) >= 11 is 6.48. The number of likely N-dealkylation sites (tertiary alicyclic amines) is 1. The number of amides is 1. The van der Waals surface area contributed by atoms with Gasteiger partial charge in [0.05, 0.1) is 28.5 Å². The molecule has 5 rings (SSSR count). The van der Waals surface area contributed by atoms with E-state index >= 15 is 0 Å². The van der Waals surface area contributed by atoms with Gasteiger partial charge in [0.25, 0.3) is 0 Å². The number of fused-ring (bicyclic) bond motifs is 1. The minimum absolute atomic E-state index is 0.202. The van der Waals surface area contributed by atoms with Crippen molar-refractivity contribution in [1.29, 1.82) is 0 Å². The monoisotopic (exact) mass is 562 g/mol. The molecule has 1 aliphatic heterocycles. The summed E-state index contributed by atoms with van der Waals surface area (Å²) in [5, 5.41) is 4.46. The van der Waals surface area contributed by atoms with E-state index in [4.69, 9.17) is 31.5 Å². The van der Waals surface area contributed by atoms with Crippen LogP contribution in [0.4, 0.5) is 22.0 Å². The Morgan fingerprint density at radius 2 is 1.98 bits per heavy atom. The molecule has 0 unspecified atom stereocenters. The average Bonchev–Trinajstić information content (AvgIpc) is 3.38. The van der Waals surface area contributed by atoms with Crippen LogP contribution in [-0.4, -0.2) is 50.7 Å². The van der Waals surface area contributed by atoms with Crippen molar-refractivity contribution in [2.24, 2.45) is 0 Å². The second-order valence-corrected chi connectivity index (χ2v) is 10.9. The van der Waals surface area contributed by atoms with E-state index in [1.165, 1.54) is 6.33 Å². The van der Waals surface area contributed by atoms with Crippen LogP contribution in [0.15, 0.2) is 61.1 Å². The lowest BCUT2D eigenvalue weighted by Crippen LogP contribution is -2.36. The van der Waals surface area contributed by atoms with Gasteiger partial charge in [-0.2, -0.15) is 0 Å². The Hall–Kier alpha value is -4.31. The molecule has 2 aromatic carbocycles. The third-order valence-electron chi connectivity index (χ3n) is 6.15. The highest BCUT2D eigenvalue weighted by atomic mass is 35.5. The number of rotatable bonds is 7. The molecule has 1 aliphatic rings. The summed E-state index contributed by atoms with van der Waals surface area (Å²) in [7, 11) is 0. The van der Waals surface area contributed by atoms with Gasteiger partial charge in [-0.05, 0) is 57.2 Å². The van der Waals surface area contributed by atoms with Gasteiger partial charge in [0.2, 0.25) is 0 Å². The fraction of sp³-hybridized carbons (Fsp3) is 0.310. The number of carbonyl (C=O) groups excluding carboxylic acids is 1. The number of nitrogens with zero attached hydrogens (tertiary/aromatic N) is 4. The number of nitrogens with two attached hydrogens (primary N) is 1. The number of pyridine rings is 1. The highest BCUT2D eigenvalue weighted by molar-refractivity contribution is 6.32. The number of aromatic nitrogens is 3. The fourth-order valence-corrected chi connectivity index (χ4v) is 4.50. The predicted molar refractivity (Wildman–Crippen MR) is 154 cm³/mol. The Balaban J connectivity index is 1.26. The zero-order valence-electron chi connectivity index (χ0n) is 22.6. The maximum atomic E-state index is 12.4. The normalized spacial score (nSPS) is 15.2. The van der Waals surface area contributed by atoms with Gasteiger partial charge in [-0.1, -0.05) is 17.7 Å². The Morgan fingerprint density at radius 1 is 1.12 bits per heavy atom. The number of ether oxygens (including phenoxy) is 3. The van der Waals surface area contributed by atoms with E-state index < -0.39 is 5.60 Å². The van der Waals surface area contributed by atoms with Crippen molar-refractivity contribution in [3.05, 3.63) is 71.8 Å². The lowest BCUT2D eigenvalue weighted by atomic mass is 10.2. The highest BCUT2D eigenvalue weighted by Crippen LogP contribution is 2.34.